The highest BCUT2D eigenvalue weighted by Gasteiger charge is 2.37. The molecule has 7 N–H and O–H groups in total. The molecular weight excluding hydrogens is 424 g/mol. The maximum Gasteiger partial charge on any atom is 0.338 e. The van der Waals surface area contributed by atoms with Crippen LogP contribution in [0.25, 0.3) is 0 Å². The maximum atomic E-state index is 12.7. The molecule has 1 heterocycles. The summed E-state index contributed by atoms with van der Waals surface area (Å²) in [6, 6.07) is 8.07. The third kappa shape index (κ3) is 3.69. The first-order valence-electron chi connectivity index (χ1n) is 9.33. The Morgan fingerprint density at radius 2 is 1.50 bits per heavy atom. The Bertz CT molecular complexity index is 1200. The van der Waals surface area contributed by atoms with Gasteiger partial charge in [0.15, 0.2) is 34.9 Å². The van der Waals surface area contributed by atoms with Crippen molar-refractivity contribution in [3.05, 3.63) is 59.2 Å². The van der Waals surface area contributed by atoms with E-state index in [1.807, 2.05) is 0 Å². The minimum Gasteiger partial charge on any atom is -0.508 e. The van der Waals surface area contributed by atoms with E-state index in [4.69, 9.17) is 9.47 Å². The van der Waals surface area contributed by atoms with E-state index in [9.17, 15) is 40.5 Å². The summed E-state index contributed by atoms with van der Waals surface area (Å²) in [5, 5.41) is 68.2. The topological polar surface area (TPSA) is 177 Å². The van der Waals surface area contributed by atoms with Crippen LogP contribution in [0.3, 0.4) is 0 Å². The summed E-state index contributed by atoms with van der Waals surface area (Å²) < 4.78 is 11.4. The van der Waals surface area contributed by atoms with Gasteiger partial charge in [-0.15, -0.1) is 0 Å². The zero-order chi connectivity index (χ0) is 23.2. The number of benzene rings is 3. The van der Waals surface area contributed by atoms with Gasteiger partial charge in [0, 0.05) is 29.7 Å². The molecule has 1 aliphatic rings. The molecule has 0 spiro atoms. The summed E-state index contributed by atoms with van der Waals surface area (Å²) in [4.78, 5) is 12.7. The average Bonchev–Trinajstić information content (AvgIpc) is 2.73. The van der Waals surface area contributed by atoms with Crippen molar-refractivity contribution in [1.29, 1.82) is 0 Å². The normalized spacial score (nSPS) is 17.2. The number of aromatic hydroxyl groups is 7. The van der Waals surface area contributed by atoms with Gasteiger partial charge in [-0.05, 0) is 24.3 Å². The smallest absolute Gasteiger partial charge is 0.338 e. The number of hydrogen-bond donors (Lipinski definition) is 7. The van der Waals surface area contributed by atoms with Gasteiger partial charge in [-0.25, -0.2) is 4.79 Å². The third-order valence-corrected chi connectivity index (χ3v) is 5.06. The number of ether oxygens (including phenoxy) is 2. The Balaban J connectivity index is 1.72. The fourth-order valence-corrected chi connectivity index (χ4v) is 3.48. The molecular formula is C22H18O10. The second-order valence-electron chi connectivity index (χ2n) is 7.24. The van der Waals surface area contributed by atoms with Gasteiger partial charge in [0.25, 0.3) is 0 Å². The Labute approximate surface area is 180 Å². The quantitative estimate of drug-likeness (QED) is 0.235. The first-order valence-corrected chi connectivity index (χ1v) is 9.33. The molecule has 0 bridgehead atoms. The highest BCUT2D eigenvalue weighted by molar-refractivity contribution is 5.91. The highest BCUT2D eigenvalue weighted by atomic mass is 16.6. The van der Waals surface area contributed by atoms with Crippen molar-refractivity contribution in [3.8, 4) is 46.0 Å². The maximum absolute atomic E-state index is 12.7. The number of rotatable bonds is 3. The van der Waals surface area contributed by atoms with Crippen molar-refractivity contribution in [2.75, 3.05) is 0 Å². The van der Waals surface area contributed by atoms with E-state index in [0.29, 0.717) is 5.56 Å². The molecule has 1 unspecified atom stereocenters. The largest absolute Gasteiger partial charge is 0.508 e. The van der Waals surface area contributed by atoms with Gasteiger partial charge in [-0.1, -0.05) is 6.07 Å². The number of carbonyl (C=O) groups is 1. The minimum absolute atomic E-state index is 0.0461. The molecule has 0 saturated heterocycles. The summed E-state index contributed by atoms with van der Waals surface area (Å²) in [6.45, 7) is 0. The van der Waals surface area contributed by atoms with Crippen LogP contribution in [0.5, 0.6) is 46.0 Å². The van der Waals surface area contributed by atoms with E-state index >= 15 is 0 Å². The molecule has 0 saturated carbocycles. The van der Waals surface area contributed by atoms with Crippen LogP contribution in [0, 0.1) is 0 Å². The molecule has 10 heteroatoms. The Morgan fingerprint density at radius 3 is 2.16 bits per heavy atom. The Hall–Kier alpha value is -4.47. The van der Waals surface area contributed by atoms with Crippen LogP contribution < -0.4 is 4.74 Å². The third-order valence-electron chi connectivity index (χ3n) is 5.06. The van der Waals surface area contributed by atoms with Crippen molar-refractivity contribution < 1.29 is 50.0 Å². The zero-order valence-corrected chi connectivity index (χ0v) is 16.3. The van der Waals surface area contributed by atoms with Gasteiger partial charge < -0.3 is 45.2 Å². The predicted octanol–water partition coefficient (Wildman–Crippen LogP) is 2.53. The van der Waals surface area contributed by atoms with E-state index in [-0.39, 0.29) is 40.5 Å². The van der Waals surface area contributed by atoms with Crippen molar-refractivity contribution in [2.45, 2.75) is 18.6 Å². The van der Waals surface area contributed by atoms with E-state index in [0.717, 1.165) is 18.2 Å². The number of fused-ring (bicyclic) bond motifs is 1. The lowest BCUT2D eigenvalue weighted by Crippen LogP contribution is -2.34. The standard InChI is InChI=1S/C22H18O10/c23-11-6-14(25)12-8-19(32-22(30)10-4-16(27)20(29)17(28)5-10)21(31-18(12)7-11)9-1-2-13(24)15(26)3-9/h1-7,19,21,23-29H,8H2/t19?,21-/m1/s1. The second-order valence-corrected chi connectivity index (χ2v) is 7.24. The van der Waals surface area contributed by atoms with Gasteiger partial charge in [0.2, 0.25) is 0 Å². The molecule has 10 nitrogen and oxygen atoms in total. The molecule has 32 heavy (non-hydrogen) atoms. The molecule has 0 fully saturated rings. The molecule has 0 aliphatic carbocycles. The van der Waals surface area contributed by atoms with E-state index in [1.165, 1.54) is 24.3 Å². The van der Waals surface area contributed by atoms with Gasteiger partial charge >= 0.3 is 5.97 Å². The number of phenols is 7. The summed E-state index contributed by atoms with van der Waals surface area (Å²) >= 11 is 0. The summed E-state index contributed by atoms with van der Waals surface area (Å²) in [6.07, 6.45) is -2.12. The summed E-state index contributed by atoms with van der Waals surface area (Å²) in [7, 11) is 0. The van der Waals surface area contributed by atoms with Crippen LogP contribution in [0.2, 0.25) is 0 Å². The molecule has 166 valence electrons. The van der Waals surface area contributed by atoms with Crippen LogP contribution in [-0.2, 0) is 11.2 Å². The number of hydrogen-bond acceptors (Lipinski definition) is 10. The van der Waals surface area contributed by atoms with Gasteiger partial charge in [-0.3, -0.25) is 0 Å². The molecule has 4 rings (SSSR count). The average molecular weight is 442 g/mol. The Morgan fingerprint density at radius 1 is 0.812 bits per heavy atom. The number of esters is 1. The monoisotopic (exact) mass is 442 g/mol. The fraction of sp³-hybridized carbons (Fsp3) is 0.136. The minimum atomic E-state index is -1.06. The lowest BCUT2D eigenvalue weighted by atomic mass is 9.93. The van der Waals surface area contributed by atoms with Gasteiger partial charge in [0.1, 0.15) is 23.4 Å². The second kappa shape index (κ2) is 7.65. The SMILES string of the molecule is O=C(OC1Cc2c(O)cc(O)cc2O[C@@H]1c1ccc(O)c(O)c1)c1cc(O)c(O)c(O)c1. The summed E-state index contributed by atoms with van der Waals surface area (Å²) in [5.74, 6) is -4.43. The van der Waals surface area contributed by atoms with Crippen LogP contribution in [0.4, 0.5) is 0 Å². The van der Waals surface area contributed by atoms with E-state index in [2.05, 4.69) is 0 Å². The molecule has 3 aromatic carbocycles. The molecule has 2 atom stereocenters. The van der Waals surface area contributed by atoms with Crippen molar-refractivity contribution in [3.63, 3.8) is 0 Å². The lowest BCUT2D eigenvalue weighted by Gasteiger charge is -2.34. The molecule has 3 aromatic rings. The van der Waals surface area contributed by atoms with E-state index < -0.39 is 41.2 Å². The molecule has 0 amide bonds. The van der Waals surface area contributed by atoms with Crippen LogP contribution in [0.15, 0.2) is 42.5 Å². The molecule has 0 aromatic heterocycles. The van der Waals surface area contributed by atoms with Crippen LogP contribution >= 0.6 is 0 Å². The molecule has 0 radical (unpaired) electrons. The van der Waals surface area contributed by atoms with Gasteiger partial charge in [-0.2, -0.15) is 0 Å². The van der Waals surface area contributed by atoms with Crippen LogP contribution in [0.1, 0.15) is 27.6 Å². The van der Waals surface area contributed by atoms with Gasteiger partial charge in [0.05, 0.1) is 5.56 Å². The van der Waals surface area contributed by atoms with E-state index in [1.54, 1.807) is 0 Å². The van der Waals surface area contributed by atoms with Crippen molar-refractivity contribution >= 4 is 5.97 Å². The number of carbonyl (C=O) groups excluding carboxylic acids is 1. The number of phenolic OH excluding ortho intramolecular Hbond substituents is 7. The predicted molar refractivity (Wildman–Crippen MR) is 107 cm³/mol. The molecule has 1 aliphatic heterocycles. The zero-order valence-electron chi connectivity index (χ0n) is 16.3. The van der Waals surface area contributed by atoms with Crippen molar-refractivity contribution in [1.82, 2.24) is 0 Å². The first kappa shape index (κ1) is 20.8. The Kier molecular flexibility index (Phi) is 4.97. The lowest BCUT2D eigenvalue weighted by molar-refractivity contribution is -0.0189. The van der Waals surface area contributed by atoms with Crippen molar-refractivity contribution in [2.24, 2.45) is 0 Å². The summed E-state index contributed by atoms with van der Waals surface area (Å²) in [5.41, 5.74) is 0.324. The fourth-order valence-electron chi connectivity index (χ4n) is 3.48. The highest BCUT2D eigenvalue weighted by Crippen LogP contribution is 2.44. The first-order chi connectivity index (χ1) is 15.1. The van der Waals surface area contributed by atoms with Crippen LogP contribution in [-0.4, -0.2) is 47.8 Å².